The number of hydrogen-bond acceptors (Lipinski definition) is 5. The number of benzene rings is 2. The van der Waals surface area contributed by atoms with E-state index >= 15 is 0 Å². The lowest BCUT2D eigenvalue weighted by Crippen LogP contribution is -2.36. The molecule has 4 rings (SSSR count). The van der Waals surface area contributed by atoms with Crippen LogP contribution in [0.15, 0.2) is 48.7 Å². The zero-order chi connectivity index (χ0) is 21.1. The van der Waals surface area contributed by atoms with Crippen LogP contribution in [0.5, 0.6) is 17.2 Å². The number of amides is 1. The number of nitrogens with zero attached hydrogens (tertiary/aromatic N) is 3. The summed E-state index contributed by atoms with van der Waals surface area (Å²) in [5, 5.41) is 14.7. The van der Waals surface area contributed by atoms with E-state index in [2.05, 4.69) is 5.10 Å². The van der Waals surface area contributed by atoms with E-state index in [1.165, 1.54) is 10.9 Å². The van der Waals surface area contributed by atoms with Crippen LogP contribution in [0.3, 0.4) is 0 Å². The second-order valence-electron chi connectivity index (χ2n) is 7.05. The first-order chi connectivity index (χ1) is 14.6. The van der Waals surface area contributed by atoms with Crippen LogP contribution < -0.4 is 9.47 Å². The highest BCUT2D eigenvalue weighted by atomic mass is 16.5. The molecule has 0 bridgehead atoms. The van der Waals surface area contributed by atoms with Crippen molar-refractivity contribution in [3.05, 3.63) is 65.5 Å². The van der Waals surface area contributed by atoms with E-state index in [4.69, 9.17) is 9.47 Å². The first-order valence-corrected chi connectivity index (χ1v) is 10.2. The third-order valence-corrected chi connectivity index (χ3v) is 5.08. The quantitative estimate of drug-likeness (QED) is 0.676. The Morgan fingerprint density at radius 1 is 1.07 bits per heavy atom. The molecule has 1 aromatic heterocycles. The Balaban J connectivity index is 1.58. The van der Waals surface area contributed by atoms with Crippen LogP contribution >= 0.6 is 0 Å². The van der Waals surface area contributed by atoms with Gasteiger partial charge >= 0.3 is 0 Å². The fourth-order valence-electron chi connectivity index (χ4n) is 3.65. The van der Waals surface area contributed by atoms with Crippen LogP contribution in [0.2, 0.25) is 0 Å². The van der Waals surface area contributed by atoms with Crippen molar-refractivity contribution in [2.75, 3.05) is 19.8 Å². The smallest absolute Gasteiger partial charge is 0.278 e. The molecule has 1 N–H and O–H groups in total. The van der Waals surface area contributed by atoms with Gasteiger partial charge in [-0.3, -0.25) is 4.79 Å². The monoisotopic (exact) mass is 407 g/mol. The van der Waals surface area contributed by atoms with Gasteiger partial charge < -0.3 is 19.5 Å². The number of aromatic nitrogens is 2. The molecular formula is C23H25N3O4. The molecule has 7 nitrogen and oxygen atoms in total. The Morgan fingerprint density at radius 2 is 1.73 bits per heavy atom. The highest BCUT2D eigenvalue weighted by molar-refractivity contribution is 5.95. The molecule has 1 aliphatic heterocycles. The molecule has 1 amide bonds. The van der Waals surface area contributed by atoms with Crippen molar-refractivity contribution in [3.8, 4) is 22.9 Å². The van der Waals surface area contributed by atoms with Crippen molar-refractivity contribution >= 4 is 5.91 Å². The van der Waals surface area contributed by atoms with Crippen LogP contribution in [-0.2, 0) is 13.0 Å². The maximum absolute atomic E-state index is 13.1. The fraction of sp³-hybridized carbons (Fsp3) is 0.304. The molecule has 0 unspecified atom stereocenters. The molecule has 0 fully saturated rings. The highest BCUT2D eigenvalue weighted by Crippen LogP contribution is 2.34. The van der Waals surface area contributed by atoms with E-state index in [0.717, 1.165) is 22.6 Å². The third-order valence-electron chi connectivity index (χ3n) is 5.08. The van der Waals surface area contributed by atoms with Gasteiger partial charge in [0.25, 0.3) is 5.91 Å². The predicted octanol–water partition coefficient (Wildman–Crippen LogP) is 3.57. The average molecular weight is 407 g/mol. The van der Waals surface area contributed by atoms with Gasteiger partial charge in [-0.25, -0.2) is 4.68 Å². The van der Waals surface area contributed by atoms with E-state index in [1.807, 2.05) is 56.3 Å². The van der Waals surface area contributed by atoms with E-state index in [0.29, 0.717) is 38.5 Å². The molecule has 0 atom stereocenters. The van der Waals surface area contributed by atoms with Crippen LogP contribution in [0, 0.1) is 0 Å². The van der Waals surface area contributed by atoms with Gasteiger partial charge in [0, 0.05) is 13.1 Å². The number of rotatable bonds is 6. The van der Waals surface area contributed by atoms with Crippen LogP contribution in [0.4, 0.5) is 0 Å². The summed E-state index contributed by atoms with van der Waals surface area (Å²) in [6.45, 7) is 5.94. The van der Waals surface area contributed by atoms with Gasteiger partial charge in [0.15, 0.2) is 22.9 Å². The second-order valence-corrected chi connectivity index (χ2v) is 7.05. The van der Waals surface area contributed by atoms with Crippen LogP contribution in [-0.4, -0.2) is 45.5 Å². The first kappa shape index (κ1) is 19.8. The molecule has 1 aliphatic rings. The molecule has 2 heterocycles. The average Bonchev–Trinajstić information content (AvgIpc) is 3.16. The first-order valence-electron chi connectivity index (χ1n) is 10.2. The molecule has 7 heteroatoms. The molecule has 156 valence electrons. The van der Waals surface area contributed by atoms with Crippen molar-refractivity contribution in [1.82, 2.24) is 14.7 Å². The summed E-state index contributed by atoms with van der Waals surface area (Å²) in [6, 6.07) is 13.3. The molecule has 30 heavy (non-hydrogen) atoms. The molecule has 2 aromatic carbocycles. The molecule has 0 aliphatic carbocycles. The van der Waals surface area contributed by atoms with E-state index < -0.39 is 0 Å². The molecule has 0 spiro atoms. The topological polar surface area (TPSA) is 76.8 Å². The Hall–Kier alpha value is -3.48. The van der Waals surface area contributed by atoms with E-state index in [-0.39, 0.29) is 17.4 Å². The standard InChI is InChI=1S/C23H25N3O4/c1-3-29-20-12-16-10-11-25(14-17(16)13-21(20)30-4-2)23(28)22-19(27)15-26(24-22)18-8-6-5-7-9-18/h5-9,12-13,15,27H,3-4,10-11,14H2,1-2H3. The lowest BCUT2D eigenvalue weighted by Gasteiger charge is -2.29. The highest BCUT2D eigenvalue weighted by Gasteiger charge is 2.27. The number of fused-ring (bicyclic) bond motifs is 1. The minimum atomic E-state index is -0.292. The van der Waals surface area contributed by atoms with Crippen molar-refractivity contribution in [2.24, 2.45) is 0 Å². The van der Waals surface area contributed by atoms with Gasteiger partial charge in [0.05, 0.1) is 25.1 Å². The summed E-state index contributed by atoms with van der Waals surface area (Å²) in [7, 11) is 0. The summed E-state index contributed by atoms with van der Waals surface area (Å²) in [5.41, 5.74) is 2.99. The third kappa shape index (κ3) is 3.83. The number of ether oxygens (including phenoxy) is 2. The molecule has 0 saturated heterocycles. The van der Waals surface area contributed by atoms with Crippen LogP contribution in [0.25, 0.3) is 5.69 Å². The van der Waals surface area contributed by atoms with Gasteiger partial charge in [0.2, 0.25) is 0 Å². The summed E-state index contributed by atoms with van der Waals surface area (Å²) < 4.78 is 12.9. The minimum Gasteiger partial charge on any atom is -0.504 e. The minimum absolute atomic E-state index is 0.0540. The Morgan fingerprint density at radius 3 is 2.40 bits per heavy atom. The summed E-state index contributed by atoms with van der Waals surface area (Å²) in [6.07, 6.45) is 2.16. The molecular weight excluding hydrogens is 382 g/mol. The number of para-hydroxylation sites is 1. The van der Waals surface area contributed by atoms with Gasteiger partial charge in [-0.15, -0.1) is 0 Å². The predicted molar refractivity (Wildman–Crippen MR) is 112 cm³/mol. The van der Waals surface area contributed by atoms with Gasteiger partial charge in [-0.05, 0) is 55.7 Å². The Labute approximate surface area is 175 Å². The number of carbonyl (C=O) groups excluding carboxylic acids is 1. The van der Waals surface area contributed by atoms with Crippen molar-refractivity contribution < 1.29 is 19.4 Å². The molecule has 0 saturated carbocycles. The summed E-state index contributed by atoms with van der Waals surface area (Å²) in [4.78, 5) is 14.8. The normalized spacial score (nSPS) is 13.1. The van der Waals surface area contributed by atoms with Gasteiger partial charge in [-0.2, -0.15) is 5.10 Å². The van der Waals surface area contributed by atoms with Crippen molar-refractivity contribution in [2.45, 2.75) is 26.8 Å². The van der Waals surface area contributed by atoms with E-state index in [9.17, 15) is 9.90 Å². The molecule has 0 radical (unpaired) electrons. The Kier molecular flexibility index (Phi) is 5.61. The van der Waals surface area contributed by atoms with Crippen molar-refractivity contribution in [1.29, 1.82) is 0 Å². The number of aromatic hydroxyl groups is 1. The summed E-state index contributed by atoms with van der Waals surface area (Å²) >= 11 is 0. The maximum atomic E-state index is 13.1. The van der Waals surface area contributed by atoms with E-state index in [1.54, 1.807) is 4.90 Å². The fourth-order valence-corrected chi connectivity index (χ4v) is 3.65. The van der Waals surface area contributed by atoms with Gasteiger partial charge in [0.1, 0.15) is 0 Å². The molecule has 3 aromatic rings. The number of hydrogen-bond donors (Lipinski definition) is 1. The maximum Gasteiger partial charge on any atom is 0.278 e. The summed E-state index contributed by atoms with van der Waals surface area (Å²) in [5.74, 6) is 0.997. The zero-order valence-corrected chi connectivity index (χ0v) is 17.2. The van der Waals surface area contributed by atoms with Gasteiger partial charge in [-0.1, -0.05) is 18.2 Å². The SMILES string of the molecule is CCOc1cc2c(cc1OCC)CN(C(=O)c1nn(-c3ccccc3)cc1O)CC2. The lowest BCUT2D eigenvalue weighted by molar-refractivity contribution is 0.0725. The number of carbonyl (C=O) groups is 1. The largest absolute Gasteiger partial charge is 0.504 e. The lowest BCUT2D eigenvalue weighted by atomic mass is 9.98. The zero-order valence-electron chi connectivity index (χ0n) is 17.2. The Bertz CT molecular complexity index is 1050. The van der Waals surface area contributed by atoms with Crippen LogP contribution in [0.1, 0.15) is 35.5 Å². The van der Waals surface area contributed by atoms with Crippen molar-refractivity contribution in [3.63, 3.8) is 0 Å². The second kappa shape index (κ2) is 8.49.